The quantitative estimate of drug-likeness (QED) is 0.786. The maximum absolute atomic E-state index is 12.7. The summed E-state index contributed by atoms with van der Waals surface area (Å²) in [5.74, 6) is 0. The van der Waals surface area contributed by atoms with Crippen LogP contribution in [0.4, 0.5) is 13.2 Å². The van der Waals surface area contributed by atoms with Crippen LogP contribution < -0.4 is 5.32 Å². The molecule has 1 aliphatic rings. The first-order chi connectivity index (χ1) is 10.9. The van der Waals surface area contributed by atoms with Crippen molar-refractivity contribution < 1.29 is 18.3 Å². The van der Waals surface area contributed by atoms with Gasteiger partial charge in [-0.05, 0) is 57.0 Å². The first kappa shape index (κ1) is 18.2. The molecule has 1 aliphatic heterocycles. The Labute approximate surface area is 135 Å². The Bertz CT molecular complexity index is 485. The van der Waals surface area contributed by atoms with Crippen LogP contribution in [0.25, 0.3) is 0 Å². The molecule has 0 aromatic heterocycles. The fraction of sp³-hybridized carbons (Fsp3) is 0.647. The molecule has 1 heterocycles. The van der Waals surface area contributed by atoms with Crippen molar-refractivity contribution in [3.05, 3.63) is 35.4 Å². The van der Waals surface area contributed by atoms with Gasteiger partial charge in [0, 0.05) is 19.1 Å². The molecule has 6 heteroatoms. The SMILES string of the molecule is C[C@@H](NCCCN1CCC(O)CC1)c1cccc(C(F)(F)F)c1. The van der Waals surface area contributed by atoms with Gasteiger partial charge in [-0.3, -0.25) is 0 Å². The van der Waals surface area contributed by atoms with E-state index >= 15 is 0 Å². The average Bonchev–Trinajstić information content (AvgIpc) is 2.52. The number of halogens is 3. The molecule has 0 radical (unpaired) electrons. The topological polar surface area (TPSA) is 35.5 Å². The van der Waals surface area contributed by atoms with Crippen molar-refractivity contribution in [2.24, 2.45) is 0 Å². The monoisotopic (exact) mass is 330 g/mol. The minimum atomic E-state index is -4.30. The van der Waals surface area contributed by atoms with Gasteiger partial charge >= 0.3 is 6.18 Å². The minimum absolute atomic E-state index is 0.111. The zero-order valence-electron chi connectivity index (χ0n) is 13.4. The lowest BCUT2D eigenvalue weighted by Crippen LogP contribution is -2.37. The van der Waals surface area contributed by atoms with E-state index in [1.165, 1.54) is 12.1 Å². The third-order valence-electron chi connectivity index (χ3n) is 4.37. The van der Waals surface area contributed by atoms with E-state index in [-0.39, 0.29) is 12.1 Å². The Morgan fingerprint density at radius 2 is 2.00 bits per heavy atom. The lowest BCUT2D eigenvalue weighted by Gasteiger charge is -2.29. The van der Waals surface area contributed by atoms with Gasteiger partial charge in [-0.1, -0.05) is 12.1 Å². The third kappa shape index (κ3) is 5.79. The van der Waals surface area contributed by atoms with Crippen LogP contribution in [0.3, 0.4) is 0 Å². The standard InChI is InChI=1S/C17H25F3N2O/c1-13(14-4-2-5-15(12-14)17(18,19)20)21-8-3-9-22-10-6-16(23)7-11-22/h2,4-5,12-13,16,21,23H,3,6-11H2,1H3/t13-/m1/s1. The summed E-state index contributed by atoms with van der Waals surface area (Å²) < 4.78 is 38.2. The predicted molar refractivity (Wildman–Crippen MR) is 84.2 cm³/mol. The smallest absolute Gasteiger partial charge is 0.393 e. The number of rotatable bonds is 6. The van der Waals surface area contributed by atoms with Crippen molar-refractivity contribution in [3.63, 3.8) is 0 Å². The molecule has 1 fully saturated rings. The van der Waals surface area contributed by atoms with Crippen molar-refractivity contribution in [2.75, 3.05) is 26.2 Å². The summed E-state index contributed by atoms with van der Waals surface area (Å²) in [5.41, 5.74) is 0.0523. The van der Waals surface area contributed by atoms with Gasteiger partial charge in [0.2, 0.25) is 0 Å². The molecule has 1 saturated heterocycles. The summed E-state index contributed by atoms with van der Waals surface area (Å²) in [5, 5.41) is 12.7. The van der Waals surface area contributed by atoms with Crippen LogP contribution in [0.15, 0.2) is 24.3 Å². The van der Waals surface area contributed by atoms with Gasteiger partial charge in [0.15, 0.2) is 0 Å². The van der Waals surface area contributed by atoms with Crippen molar-refractivity contribution >= 4 is 0 Å². The van der Waals surface area contributed by atoms with Crippen LogP contribution in [-0.2, 0) is 6.18 Å². The minimum Gasteiger partial charge on any atom is -0.393 e. The lowest BCUT2D eigenvalue weighted by atomic mass is 10.0. The molecule has 0 aliphatic carbocycles. The van der Waals surface area contributed by atoms with Gasteiger partial charge in [-0.2, -0.15) is 13.2 Å². The highest BCUT2D eigenvalue weighted by Crippen LogP contribution is 2.30. The van der Waals surface area contributed by atoms with E-state index < -0.39 is 11.7 Å². The number of alkyl halides is 3. The number of aliphatic hydroxyl groups is 1. The largest absolute Gasteiger partial charge is 0.416 e. The van der Waals surface area contributed by atoms with Crippen molar-refractivity contribution in [2.45, 2.75) is 44.5 Å². The highest BCUT2D eigenvalue weighted by Gasteiger charge is 2.30. The highest BCUT2D eigenvalue weighted by molar-refractivity contribution is 5.27. The summed E-state index contributed by atoms with van der Waals surface area (Å²) in [7, 11) is 0. The zero-order chi connectivity index (χ0) is 16.9. The highest BCUT2D eigenvalue weighted by atomic mass is 19.4. The van der Waals surface area contributed by atoms with Gasteiger partial charge < -0.3 is 15.3 Å². The molecule has 1 atom stereocenters. The lowest BCUT2D eigenvalue weighted by molar-refractivity contribution is -0.137. The number of nitrogens with zero attached hydrogens (tertiary/aromatic N) is 1. The molecule has 0 amide bonds. The van der Waals surface area contributed by atoms with Crippen LogP contribution in [0.2, 0.25) is 0 Å². The Morgan fingerprint density at radius 3 is 2.65 bits per heavy atom. The van der Waals surface area contributed by atoms with E-state index in [0.717, 1.165) is 51.5 Å². The molecule has 2 rings (SSSR count). The number of nitrogens with one attached hydrogen (secondary N) is 1. The second-order valence-corrected chi connectivity index (χ2v) is 6.23. The summed E-state index contributed by atoms with van der Waals surface area (Å²) in [4.78, 5) is 2.32. The Hall–Kier alpha value is -1.11. The molecule has 1 aromatic carbocycles. The molecular weight excluding hydrogens is 305 g/mol. The molecule has 0 bridgehead atoms. The van der Waals surface area contributed by atoms with Gasteiger partial charge in [0.05, 0.1) is 11.7 Å². The van der Waals surface area contributed by atoms with Crippen LogP contribution in [-0.4, -0.2) is 42.3 Å². The fourth-order valence-corrected chi connectivity index (χ4v) is 2.87. The number of benzene rings is 1. The van der Waals surface area contributed by atoms with E-state index in [1.807, 2.05) is 6.92 Å². The van der Waals surface area contributed by atoms with E-state index in [2.05, 4.69) is 10.2 Å². The number of hydrogen-bond donors (Lipinski definition) is 2. The van der Waals surface area contributed by atoms with Gasteiger partial charge in [0.1, 0.15) is 0 Å². The van der Waals surface area contributed by atoms with E-state index in [9.17, 15) is 18.3 Å². The summed E-state index contributed by atoms with van der Waals surface area (Å²) in [6.45, 7) is 5.44. The molecule has 23 heavy (non-hydrogen) atoms. The predicted octanol–water partition coefficient (Wildman–Crippen LogP) is 3.20. The molecule has 0 saturated carbocycles. The Kier molecular flexibility index (Phi) is 6.44. The van der Waals surface area contributed by atoms with E-state index in [4.69, 9.17) is 0 Å². The van der Waals surface area contributed by atoms with Gasteiger partial charge in [-0.25, -0.2) is 0 Å². The van der Waals surface area contributed by atoms with Crippen LogP contribution in [0.5, 0.6) is 0 Å². The second-order valence-electron chi connectivity index (χ2n) is 6.23. The number of piperidine rings is 1. The zero-order valence-corrected chi connectivity index (χ0v) is 13.4. The summed E-state index contributed by atoms with van der Waals surface area (Å²) in [6, 6.07) is 5.37. The van der Waals surface area contributed by atoms with Gasteiger partial charge in [0.25, 0.3) is 0 Å². The first-order valence-electron chi connectivity index (χ1n) is 8.17. The Morgan fingerprint density at radius 1 is 1.30 bits per heavy atom. The van der Waals surface area contributed by atoms with Gasteiger partial charge in [-0.15, -0.1) is 0 Å². The molecule has 130 valence electrons. The molecule has 3 nitrogen and oxygen atoms in total. The molecule has 0 spiro atoms. The van der Waals surface area contributed by atoms with Crippen molar-refractivity contribution in [3.8, 4) is 0 Å². The second kappa shape index (κ2) is 8.13. The van der Waals surface area contributed by atoms with E-state index in [1.54, 1.807) is 6.07 Å². The van der Waals surface area contributed by atoms with E-state index in [0.29, 0.717) is 5.56 Å². The van der Waals surface area contributed by atoms with Crippen LogP contribution in [0, 0.1) is 0 Å². The maximum atomic E-state index is 12.7. The number of aliphatic hydroxyl groups excluding tert-OH is 1. The summed E-state index contributed by atoms with van der Waals surface area (Å²) >= 11 is 0. The van der Waals surface area contributed by atoms with Crippen molar-refractivity contribution in [1.82, 2.24) is 10.2 Å². The average molecular weight is 330 g/mol. The first-order valence-corrected chi connectivity index (χ1v) is 8.17. The number of hydrogen-bond acceptors (Lipinski definition) is 3. The third-order valence-corrected chi connectivity index (χ3v) is 4.37. The normalized spacial score (nSPS) is 19.0. The molecular formula is C17H25F3N2O. The fourth-order valence-electron chi connectivity index (χ4n) is 2.87. The molecule has 2 N–H and O–H groups in total. The number of likely N-dealkylation sites (tertiary alicyclic amines) is 1. The maximum Gasteiger partial charge on any atom is 0.416 e. The van der Waals surface area contributed by atoms with Crippen LogP contribution in [0.1, 0.15) is 43.4 Å². The molecule has 0 unspecified atom stereocenters. The molecule has 1 aromatic rings. The van der Waals surface area contributed by atoms with Crippen LogP contribution >= 0.6 is 0 Å². The van der Waals surface area contributed by atoms with Crippen molar-refractivity contribution in [1.29, 1.82) is 0 Å². The summed E-state index contributed by atoms with van der Waals surface area (Å²) in [6.07, 6.45) is -1.86. The Balaban J connectivity index is 1.73.